The Morgan fingerprint density at radius 1 is 0.651 bits per heavy atom. The normalized spacial score (nSPS) is 12.3. The van der Waals surface area contributed by atoms with Crippen LogP contribution >= 0.6 is 0 Å². The maximum absolute atomic E-state index is 14.5. The van der Waals surface area contributed by atoms with Gasteiger partial charge in [0.15, 0.2) is 0 Å². The molecule has 220 valence electrons. The number of carbonyl (C=O) groups excluding carboxylic acids is 1. The quantitative estimate of drug-likeness (QED) is 0.113. The van der Waals surface area contributed by atoms with E-state index in [1.807, 2.05) is 0 Å². The molecule has 8 heteroatoms. The zero-order valence-electron chi connectivity index (χ0n) is 22.9. The monoisotopic (exact) mass is 594 g/mol. The molecule has 0 N–H and O–H groups in total. The molecule has 0 amide bonds. The van der Waals surface area contributed by atoms with Crippen molar-refractivity contribution in [2.45, 2.75) is 26.0 Å². The van der Waals surface area contributed by atoms with Gasteiger partial charge in [-0.15, -0.1) is 0 Å². The second-order valence-electron chi connectivity index (χ2n) is 9.70. The Morgan fingerprint density at radius 3 is 1.67 bits per heavy atom. The van der Waals surface area contributed by atoms with E-state index in [2.05, 4.69) is 6.58 Å². The first kappa shape index (κ1) is 31.2. The minimum atomic E-state index is -4.63. The Labute approximate surface area is 244 Å². The molecule has 0 radical (unpaired) electrons. The SMILES string of the molecule is C=Cc1ccc(C(F)(F)F)c(/C=C/c2cccc(-c3cccc(/C=C/c4cc(C=O)ccc4C(F)(F)F)c3C)c2CF)c1. The third-order valence-corrected chi connectivity index (χ3v) is 7.03. The van der Waals surface area contributed by atoms with E-state index >= 15 is 0 Å². The van der Waals surface area contributed by atoms with E-state index in [1.54, 1.807) is 43.3 Å². The summed E-state index contributed by atoms with van der Waals surface area (Å²) in [5, 5.41) is 0. The van der Waals surface area contributed by atoms with Crippen molar-refractivity contribution < 1.29 is 35.5 Å². The van der Waals surface area contributed by atoms with Gasteiger partial charge in [0.1, 0.15) is 13.0 Å². The van der Waals surface area contributed by atoms with Gasteiger partial charge in [-0.2, -0.15) is 26.3 Å². The Morgan fingerprint density at radius 2 is 1.14 bits per heavy atom. The largest absolute Gasteiger partial charge is 0.416 e. The summed E-state index contributed by atoms with van der Waals surface area (Å²) in [5.41, 5.74) is 1.49. The van der Waals surface area contributed by atoms with Gasteiger partial charge in [-0.3, -0.25) is 4.79 Å². The molecule has 0 saturated heterocycles. The highest BCUT2D eigenvalue weighted by Crippen LogP contribution is 2.37. The summed E-state index contributed by atoms with van der Waals surface area (Å²) in [6.07, 6.45) is -1.86. The first-order valence-corrected chi connectivity index (χ1v) is 13.0. The van der Waals surface area contributed by atoms with E-state index in [0.29, 0.717) is 39.7 Å². The lowest BCUT2D eigenvalue weighted by Crippen LogP contribution is -2.07. The van der Waals surface area contributed by atoms with Gasteiger partial charge in [0.25, 0.3) is 0 Å². The third-order valence-electron chi connectivity index (χ3n) is 7.03. The Kier molecular flexibility index (Phi) is 9.19. The minimum absolute atomic E-state index is 0.0918. The fourth-order valence-electron chi connectivity index (χ4n) is 4.80. The van der Waals surface area contributed by atoms with Crippen LogP contribution in [0.4, 0.5) is 30.7 Å². The average Bonchev–Trinajstić information content (AvgIpc) is 2.97. The number of carbonyl (C=O) groups is 1. The van der Waals surface area contributed by atoms with Crippen LogP contribution in [-0.4, -0.2) is 6.29 Å². The molecule has 0 aliphatic rings. The number of alkyl halides is 7. The van der Waals surface area contributed by atoms with E-state index in [1.165, 1.54) is 42.5 Å². The number of benzene rings is 4. The van der Waals surface area contributed by atoms with Crippen molar-refractivity contribution in [3.63, 3.8) is 0 Å². The van der Waals surface area contributed by atoms with Crippen molar-refractivity contribution in [3.8, 4) is 11.1 Å². The molecular weight excluding hydrogens is 569 g/mol. The third kappa shape index (κ3) is 7.02. The van der Waals surface area contributed by atoms with Crippen molar-refractivity contribution in [2.24, 2.45) is 0 Å². The van der Waals surface area contributed by atoms with Crippen LogP contribution < -0.4 is 0 Å². The highest BCUT2D eigenvalue weighted by atomic mass is 19.4. The average molecular weight is 595 g/mol. The summed E-state index contributed by atoms with van der Waals surface area (Å²) in [7, 11) is 0. The van der Waals surface area contributed by atoms with Crippen LogP contribution in [0.1, 0.15) is 60.4 Å². The van der Waals surface area contributed by atoms with Gasteiger partial charge < -0.3 is 0 Å². The minimum Gasteiger partial charge on any atom is -0.298 e. The van der Waals surface area contributed by atoms with Gasteiger partial charge in [0.2, 0.25) is 0 Å². The van der Waals surface area contributed by atoms with Crippen LogP contribution in [0.2, 0.25) is 0 Å². The molecule has 0 spiro atoms. The van der Waals surface area contributed by atoms with Crippen molar-refractivity contribution in [1.82, 2.24) is 0 Å². The van der Waals surface area contributed by atoms with E-state index in [9.17, 15) is 35.5 Å². The lowest BCUT2D eigenvalue weighted by atomic mass is 9.90. The lowest BCUT2D eigenvalue weighted by Gasteiger charge is -2.15. The second kappa shape index (κ2) is 12.7. The van der Waals surface area contributed by atoms with Gasteiger partial charge in [-0.1, -0.05) is 85.5 Å². The highest BCUT2D eigenvalue weighted by molar-refractivity contribution is 5.84. The fraction of sp³-hybridized carbons (Fsp3) is 0.114. The molecule has 0 heterocycles. The summed E-state index contributed by atoms with van der Waals surface area (Å²) in [6.45, 7) is 4.42. The standard InChI is InChI=1S/C35H25F7O/c1-3-23-10-16-32(34(37,38)39)27(18-23)15-13-26-7-5-9-30(31(26)20-36)29-8-4-6-25(22(29)2)12-14-28-19-24(21-43)11-17-33(28)35(40,41)42/h3-19,21H,1,20H2,2H3/b14-12+,15-13+. The molecule has 0 aromatic heterocycles. The van der Waals surface area contributed by atoms with Crippen molar-refractivity contribution in [3.05, 3.63) is 135 Å². The molecular formula is C35H25F7O. The molecule has 0 atom stereocenters. The number of aldehydes is 1. The molecule has 0 aliphatic heterocycles. The van der Waals surface area contributed by atoms with Crippen LogP contribution in [0.15, 0.2) is 79.4 Å². The number of halogens is 7. The van der Waals surface area contributed by atoms with E-state index in [4.69, 9.17) is 0 Å². The van der Waals surface area contributed by atoms with Crippen LogP contribution in [-0.2, 0) is 19.0 Å². The summed E-state index contributed by atoms with van der Waals surface area (Å²) in [6, 6.07) is 16.8. The number of rotatable bonds is 8. The topological polar surface area (TPSA) is 17.1 Å². The molecule has 43 heavy (non-hydrogen) atoms. The Balaban J connectivity index is 1.77. The molecule has 0 unspecified atom stereocenters. The molecule has 0 bridgehead atoms. The summed E-state index contributed by atoms with van der Waals surface area (Å²) < 4.78 is 96.0. The molecule has 0 saturated carbocycles. The van der Waals surface area contributed by atoms with Crippen molar-refractivity contribution >= 4 is 36.7 Å². The van der Waals surface area contributed by atoms with Gasteiger partial charge in [0, 0.05) is 5.56 Å². The predicted molar refractivity (Wildman–Crippen MR) is 158 cm³/mol. The van der Waals surface area contributed by atoms with E-state index in [-0.39, 0.29) is 22.3 Å². The predicted octanol–water partition coefficient (Wildman–Crippen LogP) is 11.0. The van der Waals surface area contributed by atoms with Crippen molar-refractivity contribution in [2.75, 3.05) is 0 Å². The molecule has 1 nitrogen and oxygen atoms in total. The van der Waals surface area contributed by atoms with Gasteiger partial charge in [0.05, 0.1) is 11.1 Å². The maximum atomic E-state index is 14.5. The van der Waals surface area contributed by atoms with Crippen LogP contribution in [0, 0.1) is 6.92 Å². The van der Waals surface area contributed by atoms with E-state index in [0.717, 1.165) is 24.3 Å². The molecule has 4 aromatic carbocycles. The summed E-state index contributed by atoms with van der Waals surface area (Å²) in [4.78, 5) is 11.2. The molecule has 4 rings (SSSR count). The van der Waals surface area contributed by atoms with Gasteiger partial charge >= 0.3 is 12.4 Å². The highest BCUT2D eigenvalue weighted by Gasteiger charge is 2.33. The van der Waals surface area contributed by atoms with Crippen LogP contribution in [0.25, 0.3) is 41.5 Å². The zero-order chi connectivity index (χ0) is 31.4. The number of hydrogen-bond donors (Lipinski definition) is 0. The van der Waals surface area contributed by atoms with Gasteiger partial charge in [-0.25, -0.2) is 4.39 Å². The lowest BCUT2D eigenvalue weighted by molar-refractivity contribution is -0.138. The Bertz CT molecular complexity index is 1720. The summed E-state index contributed by atoms with van der Waals surface area (Å²) >= 11 is 0. The summed E-state index contributed by atoms with van der Waals surface area (Å²) in [5.74, 6) is 0. The molecule has 0 fully saturated rings. The number of hydrogen-bond acceptors (Lipinski definition) is 1. The van der Waals surface area contributed by atoms with Crippen LogP contribution in [0.5, 0.6) is 0 Å². The molecule has 0 aliphatic carbocycles. The maximum Gasteiger partial charge on any atom is 0.416 e. The van der Waals surface area contributed by atoms with Gasteiger partial charge in [-0.05, 0) is 81.3 Å². The Hall–Kier alpha value is -4.72. The van der Waals surface area contributed by atoms with E-state index < -0.39 is 30.2 Å². The second-order valence-corrected chi connectivity index (χ2v) is 9.70. The molecule has 4 aromatic rings. The first-order chi connectivity index (χ1) is 20.4. The zero-order valence-corrected chi connectivity index (χ0v) is 22.9. The van der Waals surface area contributed by atoms with Crippen molar-refractivity contribution in [1.29, 1.82) is 0 Å². The fourth-order valence-corrected chi connectivity index (χ4v) is 4.80. The first-order valence-electron chi connectivity index (χ1n) is 13.0. The van der Waals surface area contributed by atoms with Crippen LogP contribution in [0.3, 0.4) is 0 Å². The smallest absolute Gasteiger partial charge is 0.298 e.